The number of aryl methyl sites for hydroxylation is 2. The van der Waals surface area contributed by atoms with Crippen molar-refractivity contribution >= 4 is 23.2 Å². The number of rotatable bonds is 3. The first-order valence-corrected chi connectivity index (χ1v) is 6.09. The minimum Gasteiger partial charge on any atom is -0.321 e. The minimum atomic E-state index is -0.186. The quantitative estimate of drug-likeness (QED) is 0.925. The molecular weight excluding hydrogens is 250 g/mol. The third kappa shape index (κ3) is 2.54. The summed E-state index contributed by atoms with van der Waals surface area (Å²) in [5.41, 5.74) is 2.20. The molecule has 2 aromatic rings. The molecule has 0 saturated carbocycles. The number of amides is 1. The molecule has 0 radical (unpaired) electrons. The first-order valence-electron chi connectivity index (χ1n) is 5.71. The van der Waals surface area contributed by atoms with Crippen molar-refractivity contribution in [3.8, 4) is 0 Å². The summed E-state index contributed by atoms with van der Waals surface area (Å²) in [6.07, 6.45) is 1.61. The molecule has 0 atom stereocenters. The Kier molecular flexibility index (Phi) is 3.67. The van der Waals surface area contributed by atoms with Gasteiger partial charge in [0.1, 0.15) is 5.69 Å². The van der Waals surface area contributed by atoms with Gasteiger partial charge in [0, 0.05) is 23.5 Å². The molecular formula is C13H14ClN3O. The maximum atomic E-state index is 12.0. The summed E-state index contributed by atoms with van der Waals surface area (Å²) >= 11 is 6.01. The first kappa shape index (κ1) is 12.6. The predicted octanol–water partition coefficient (Wildman–Crippen LogP) is 3.12. The van der Waals surface area contributed by atoms with Gasteiger partial charge in [-0.05, 0) is 37.6 Å². The van der Waals surface area contributed by atoms with E-state index in [4.69, 9.17) is 11.6 Å². The lowest BCUT2D eigenvalue weighted by Crippen LogP contribution is -2.17. The Morgan fingerprint density at radius 3 is 2.89 bits per heavy atom. The molecule has 0 aliphatic heterocycles. The molecule has 0 unspecified atom stereocenters. The van der Waals surface area contributed by atoms with Gasteiger partial charge in [0.2, 0.25) is 0 Å². The maximum Gasteiger partial charge on any atom is 0.273 e. The number of benzene rings is 1. The Balaban J connectivity index is 2.19. The van der Waals surface area contributed by atoms with Crippen molar-refractivity contribution < 1.29 is 4.79 Å². The molecule has 1 aromatic heterocycles. The monoisotopic (exact) mass is 263 g/mol. The Hall–Kier alpha value is -1.81. The highest BCUT2D eigenvalue weighted by molar-refractivity contribution is 6.31. The van der Waals surface area contributed by atoms with E-state index in [0.717, 1.165) is 5.56 Å². The second-order valence-corrected chi connectivity index (χ2v) is 4.36. The topological polar surface area (TPSA) is 46.9 Å². The number of carbonyl (C=O) groups excluding carboxylic acids is 1. The van der Waals surface area contributed by atoms with Crippen molar-refractivity contribution in [3.05, 3.63) is 46.7 Å². The van der Waals surface area contributed by atoms with Crippen LogP contribution in [0.2, 0.25) is 5.02 Å². The molecule has 0 fully saturated rings. The van der Waals surface area contributed by atoms with Gasteiger partial charge in [-0.25, -0.2) is 0 Å². The van der Waals surface area contributed by atoms with Crippen LogP contribution < -0.4 is 5.32 Å². The maximum absolute atomic E-state index is 12.0. The van der Waals surface area contributed by atoms with Gasteiger partial charge < -0.3 is 5.32 Å². The van der Waals surface area contributed by atoms with Crippen LogP contribution in [-0.2, 0) is 6.54 Å². The number of nitrogens with one attached hydrogen (secondary N) is 1. The average molecular weight is 264 g/mol. The fourth-order valence-corrected chi connectivity index (χ4v) is 1.82. The van der Waals surface area contributed by atoms with Gasteiger partial charge in [-0.2, -0.15) is 5.10 Å². The van der Waals surface area contributed by atoms with Gasteiger partial charge in [0.15, 0.2) is 0 Å². The van der Waals surface area contributed by atoms with Crippen LogP contribution in [0.15, 0.2) is 30.5 Å². The molecule has 4 nitrogen and oxygen atoms in total. The molecule has 0 spiro atoms. The van der Waals surface area contributed by atoms with E-state index < -0.39 is 0 Å². The van der Waals surface area contributed by atoms with Crippen LogP contribution in [-0.4, -0.2) is 15.7 Å². The van der Waals surface area contributed by atoms with E-state index in [0.29, 0.717) is 22.9 Å². The average Bonchev–Trinajstić information content (AvgIpc) is 2.82. The smallest absolute Gasteiger partial charge is 0.273 e. The Morgan fingerprint density at radius 1 is 1.44 bits per heavy atom. The zero-order valence-corrected chi connectivity index (χ0v) is 11.0. The molecule has 2 rings (SSSR count). The van der Waals surface area contributed by atoms with Crippen LogP contribution in [0.5, 0.6) is 0 Å². The summed E-state index contributed by atoms with van der Waals surface area (Å²) in [6, 6.07) is 7.12. The molecule has 5 heteroatoms. The molecule has 94 valence electrons. The van der Waals surface area contributed by atoms with E-state index in [2.05, 4.69) is 10.4 Å². The van der Waals surface area contributed by atoms with Crippen molar-refractivity contribution in [2.24, 2.45) is 0 Å². The molecule has 18 heavy (non-hydrogen) atoms. The number of nitrogens with zero attached hydrogens (tertiary/aromatic N) is 2. The molecule has 1 heterocycles. The predicted molar refractivity (Wildman–Crippen MR) is 72.0 cm³/mol. The second kappa shape index (κ2) is 5.23. The Bertz CT molecular complexity index is 577. The van der Waals surface area contributed by atoms with E-state index in [-0.39, 0.29) is 5.91 Å². The zero-order chi connectivity index (χ0) is 13.1. The molecule has 0 aliphatic rings. The van der Waals surface area contributed by atoms with Crippen molar-refractivity contribution in [2.75, 3.05) is 5.32 Å². The van der Waals surface area contributed by atoms with Crippen LogP contribution in [0, 0.1) is 6.92 Å². The Labute approximate surface area is 111 Å². The summed E-state index contributed by atoms with van der Waals surface area (Å²) in [5.74, 6) is -0.186. The summed E-state index contributed by atoms with van der Waals surface area (Å²) in [4.78, 5) is 12.0. The molecule has 0 bridgehead atoms. The molecule has 0 aliphatic carbocycles. The van der Waals surface area contributed by atoms with Crippen LogP contribution in [0.3, 0.4) is 0 Å². The highest BCUT2D eigenvalue weighted by Crippen LogP contribution is 2.20. The molecule has 1 amide bonds. The van der Waals surface area contributed by atoms with E-state index >= 15 is 0 Å². The minimum absolute atomic E-state index is 0.186. The van der Waals surface area contributed by atoms with Gasteiger partial charge >= 0.3 is 0 Å². The second-order valence-electron chi connectivity index (χ2n) is 3.95. The lowest BCUT2D eigenvalue weighted by molar-refractivity contribution is 0.101. The molecule has 0 saturated heterocycles. The SMILES string of the molecule is CCn1nccc1C(=O)Nc1ccc(C)c(Cl)c1. The third-order valence-corrected chi connectivity index (χ3v) is 3.09. The van der Waals surface area contributed by atoms with Crippen LogP contribution in [0.4, 0.5) is 5.69 Å². The van der Waals surface area contributed by atoms with E-state index in [1.807, 2.05) is 26.0 Å². The molecule has 1 N–H and O–H groups in total. The fourth-order valence-electron chi connectivity index (χ4n) is 1.64. The first-order chi connectivity index (χ1) is 8.61. The fraction of sp³-hybridized carbons (Fsp3) is 0.231. The highest BCUT2D eigenvalue weighted by atomic mass is 35.5. The number of carbonyl (C=O) groups is 1. The Morgan fingerprint density at radius 2 is 2.22 bits per heavy atom. The largest absolute Gasteiger partial charge is 0.321 e. The standard InChI is InChI=1S/C13H14ClN3O/c1-3-17-12(6-7-15-17)13(18)16-10-5-4-9(2)11(14)8-10/h4-8H,3H2,1-2H3,(H,16,18). The number of anilines is 1. The number of hydrogen-bond acceptors (Lipinski definition) is 2. The van der Waals surface area contributed by atoms with Gasteiger partial charge in [0.25, 0.3) is 5.91 Å². The number of hydrogen-bond donors (Lipinski definition) is 1. The number of halogens is 1. The summed E-state index contributed by atoms with van der Waals surface area (Å²) in [5, 5.41) is 7.50. The summed E-state index contributed by atoms with van der Waals surface area (Å²) in [6.45, 7) is 4.51. The molecule has 1 aromatic carbocycles. The zero-order valence-electron chi connectivity index (χ0n) is 10.3. The lowest BCUT2D eigenvalue weighted by atomic mass is 10.2. The van der Waals surface area contributed by atoms with Gasteiger partial charge in [-0.3, -0.25) is 9.48 Å². The van der Waals surface area contributed by atoms with Crippen molar-refractivity contribution in [2.45, 2.75) is 20.4 Å². The number of aromatic nitrogens is 2. The summed E-state index contributed by atoms with van der Waals surface area (Å²) < 4.78 is 1.64. The summed E-state index contributed by atoms with van der Waals surface area (Å²) in [7, 11) is 0. The van der Waals surface area contributed by atoms with E-state index in [1.165, 1.54) is 0 Å². The van der Waals surface area contributed by atoms with Crippen LogP contribution in [0.25, 0.3) is 0 Å². The highest BCUT2D eigenvalue weighted by Gasteiger charge is 2.11. The van der Waals surface area contributed by atoms with Crippen molar-refractivity contribution in [1.82, 2.24) is 9.78 Å². The van der Waals surface area contributed by atoms with Crippen molar-refractivity contribution in [1.29, 1.82) is 0 Å². The van der Waals surface area contributed by atoms with E-state index in [9.17, 15) is 4.79 Å². The van der Waals surface area contributed by atoms with Crippen molar-refractivity contribution in [3.63, 3.8) is 0 Å². The lowest BCUT2D eigenvalue weighted by Gasteiger charge is -2.07. The van der Waals surface area contributed by atoms with Gasteiger partial charge in [-0.15, -0.1) is 0 Å². The normalized spacial score (nSPS) is 10.4. The third-order valence-electron chi connectivity index (χ3n) is 2.68. The van der Waals surface area contributed by atoms with Crippen LogP contribution in [0.1, 0.15) is 23.0 Å². The van der Waals surface area contributed by atoms with Crippen LogP contribution >= 0.6 is 11.6 Å². The van der Waals surface area contributed by atoms with E-state index in [1.54, 1.807) is 23.0 Å². The van der Waals surface area contributed by atoms with Gasteiger partial charge in [0.05, 0.1) is 0 Å². The van der Waals surface area contributed by atoms with Gasteiger partial charge in [-0.1, -0.05) is 17.7 Å².